The average Bonchev–Trinajstić information content (AvgIpc) is 3.20. The SMILES string of the molecule is CCCCCCCCCCCCOc1ccc(/C=N/NC(=O)c2cc(OCCCCCCCCC)c(OCCCCCCCCC)c(OCCCCCCCCC)c2)c(OCCCCCCCCCCCC)c1OCCCCCCCCCCCC. The van der Waals surface area contributed by atoms with Crippen LogP contribution in [0.3, 0.4) is 0 Å². The van der Waals surface area contributed by atoms with E-state index in [4.69, 9.17) is 28.4 Å². The van der Waals surface area contributed by atoms with Gasteiger partial charge in [-0.1, -0.05) is 330 Å². The molecule has 86 heavy (non-hydrogen) atoms. The highest BCUT2D eigenvalue weighted by Crippen LogP contribution is 2.42. The molecule has 9 heteroatoms. The number of hydrazone groups is 1. The highest BCUT2D eigenvalue weighted by Gasteiger charge is 2.21. The fourth-order valence-electron chi connectivity index (χ4n) is 11.4. The Morgan fingerprint density at radius 3 is 0.849 bits per heavy atom. The molecule has 0 radical (unpaired) electrons. The first-order chi connectivity index (χ1) is 42.5. The van der Waals surface area contributed by atoms with Crippen LogP contribution in [0.5, 0.6) is 34.5 Å². The summed E-state index contributed by atoms with van der Waals surface area (Å²) in [5, 5.41) is 4.65. The first-order valence-electron chi connectivity index (χ1n) is 37.5. The Labute approximate surface area is 531 Å². The molecule has 0 unspecified atom stereocenters. The first kappa shape index (κ1) is 78.5. The van der Waals surface area contributed by atoms with Crippen LogP contribution in [-0.4, -0.2) is 51.8 Å². The molecule has 0 aliphatic carbocycles. The second kappa shape index (κ2) is 60.3. The van der Waals surface area contributed by atoms with Crippen molar-refractivity contribution in [1.29, 1.82) is 0 Å². The Morgan fingerprint density at radius 1 is 0.302 bits per heavy atom. The maximum atomic E-state index is 14.4. The van der Waals surface area contributed by atoms with Gasteiger partial charge in [-0.3, -0.25) is 4.79 Å². The van der Waals surface area contributed by atoms with E-state index in [0.29, 0.717) is 74.0 Å². The van der Waals surface area contributed by atoms with E-state index in [2.05, 4.69) is 52.1 Å². The van der Waals surface area contributed by atoms with E-state index < -0.39 is 0 Å². The maximum absolute atomic E-state index is 14.4. The lowest BCUT2D eigenvalue weighted by Gasteiger charge is -2.19. The lowest BCUT2D eigenvalue weighted by atomic mass is 10.1. The number of carbonyl (C=O) groups is 1. The normalized spacial score (nSPS) is 11.5. The molecule has 9 nitrogen and oxygen atoms in total. The van der Waals surface area contributed by atoms with Crippen LogP contribution in [0.25, 0.3) is 0 Å². The number of hydrogen-bond donors (Lipinski definition) is 1. The van der Waals surface area contributed by atoms with Crippen molar-refractivity contribution in [2.45, 2.75) is 369 Å². The molecule has 1 amide bonds. The summed E-state index contributed by atoms with van der Waals surface area (Å²) in [5.41, 5.74) is 4.06. The van der Waals surface area contributed by atoms with Gasteiger partial charge in [0.25, 0.3) is 5.91 Å². The molecular formula is C77H138N2O7. The number of benzene rings is 2. The van der Waals surface area contributed by atoms with Gasteiger partial charge in [-0.15, -0.1) is 0 Å². The summed E-state index contributed by atoms with van der Waals surface area (Å²) >= 11 is 0. The fraction of sp³-hybridized carbons (Fsp3) is 0.818. The van der Waals surface area contributed by atoms with Gasteiger partial charge in [0.05, 0.1) is 45.9 Å². The van der Waals surface area contributed by atoms with E-state index in [1.807, 2.05) is 24.3 Å². The van der Waals surface area contributed by atoms with Crippen molar-refractivity contribution < 1.29 is 33.2 Å². The van der Waals surface area contributed by atoms with Gasteiger partial charge in [0.15, 0.2) is 23.0 Å². The van der Waals surface area contributed by atoms with Crippen molar-refractivity contribution in [1.82, 2.24) is 5.43 Å². The molecule has 2 rings (SSSR count). The van der Waals surface area contributed by atoms with Crippen LogP contribution in [-0.2, 0) is 0 Å². The quantitative estimate of drug-likeness (QED) is 0.0400. The summed E-state index contributed by atoms with van der Waals surface area (Å²) in [7, 11) is 0. The number of rotatable bonds is 66. The largest absolute Gasteiger partial charge is 0.490 e. The summed E-state index contributed by atoms with van der Waals surface area (Å²) in [5.74, 6) is 3.38. The molecule has 0 saturated carbocycles. The van der Waals surface area contributed by atoms with Crippen molar-refractivity contribution in [2.75, 3.05) is 39.6 Å². The lowest BCUT2D eigenvalue weighted by molar-refractivity contribution is 0.0953. The predicted octanol–water partition coefficient (Wildman–Crippen LogP) is 24.7. The first-order valence-corrected chi connectivity index (χ1v) is 37.5. The van der Waals surface area contributed by atoms with Crippen LogP contribution in [0.4, 0.5) is 0 Å². The third-order valence-electron chi connectivity index (χ3n) is 17.0. The van der Waals surface area contributed by atoms with Crippen LogP contribution < -0.4 is 33.8 Å². The van der Waals surface area contributed by atoms with Crippen LogP contribution >= 0.6 is 0 Å². The monoisotopic (exact) mass is 1200 g/mol. The van der Waals surface area contributed by atoms with Gasteiger partial charge in [0.1, 0.15) is 0 Å². The smallest absolute Gasteiger partial charge is 0.271 e. The van der Waals surface area contributed by atoms with Crippen molar-refractivity contribution in [3.05, 3.63) is 35.4 Å². The molecule has 0 spiro atoms. The lowest BCUT2D eigenvalue weighted by Crippen LogP contribution is -2.18. The third kappa shape index (κ3) is 43.1. The Bertz CT molecular complexity index is 1790. The summed E-state index contributed by atoms with van der Waals surface area (Å²) in [6, 6.07) is 7.67. The zero-order valence-corrected chi connectivity index (χ0v) is 57.5. The van der Waals surface area contributed by atoms with E-state index in [0.717, 1.165) is 88.4 Å². The van der Waals surface area contributed by atoms with E-state index in [9.17, 15) is 4.79 Å². The molecule has 2 aromatic rings. The molecule has 2 aromatic carbocycles. The number of ether oxygens (including phenoxy) is 6. The second-order valence-electron chi connectivity index (χ2n) is 25.3. The number of nitrogens with one attached hydrogen (secondary N) is 1. The van der Waals surface area contributed by atoms with Crippen molar-refractivity contribution in [2.24, 2.45) is 5.10 Å². The van der Waals surface area contributed by atoms with Crippen molar-refractivity contribution >= 4 is 12.1 Å². The highest BCUT2D eigenvalue weighted by atomic mass is 16.5. The van der Waals surface area contributed by atoms with Crippen LogP contribution in [0, 0.1) is 0 Å². The van der Waals surface area contributed by atoms with Crippen LogP contribution in [0.2, 0.25) is 0 Å². The molecule has 0 aliphatic rings. The molecule has 0 fully saturated rings. The summed E-state index contributed by atoms with van der Waals surface area (Å²) in [4.78, 5) is 14.4. The minimum atomic E-state index is -0.344. The van der Waals surface area contributed by atoms with E-state index >= 15 is 0 Å². The molecule has 0 aliphatic heterocycles. The molecule has 0 aromatic heterocycles. The zero-order chi connectivity index (χ0) is 61.7. The van der Waals surface area contributed by atoms with Crippen molar-refractivity contribution in [3.63, 3.8) is 0 Å². The average molecular weight is 1200 g/mol. The van der Waals surface area contributed by atoms with Gasteiger partial charge in [-0.25, -0.2) is 5.43 Å². The minimum absolute atomic E-state index is 0.344. The van der Waals surface area contributed by atoms with Gasteiger partial charge in [-0.05, 0) is 62.8 Å². The van der Waals surface area contributed by atoms with Gasteiger partial charge < -0.3 is 28.4 Å². The molecular weight excluding hydrogens is 1060 g/mol. The van der Waals surface area contributed by atoms with Crippen LogP contribution in [0.15, 0.2) is 29.4 Å². The minimum Gasteiger partial charge on any atom is -0.490 e. The Morgan fingerprint density at radius 2 is 0.547 bits per heavy atom. The molecule has 0 heterocycles. The Hall–Kier alpha value is -3.62. The third-order valence-corrected chi connectivity index (χ3v) is 17.0. The highest BCUT2D eigenvalue weighted by molar-refractivity contribution is 5.96. The van der Waals surface area contributed by atoms with E-state index in [-0.39, 0.29) is 5.91 Å². The Balaban J connectivity index is 2.46. The number of nitrogens with zero attached hydrogens (tertiary/aromatic N) is 1. The number of carbonyl (C=O) groups excluding carboxylic acids is 1. The van der Waals surface area contributed by atoms with Crippen LogP contribution in [0.1, 0.15) is 385 Å². The number of amides is 1. The maximum Gasteiger partial charge on any atom is 0.271 e. The standard InChI is InChI=1S/C77H138N2O7/c1-7-13-19-25-31-34-37-43-48-52-60-81-71-59-58-69(74(84-63-55-50-44-38-35-32-26-20-14-8-2)76(71)86-65-57-51-45-39-36-33-27-21-15-9-3)68-78-79-77(80)70-66-72(82-61-53-46-40-28-22-16-10-4)75(85-64-56-49-42-30-24-18-12-6)73(67-70)83-62-54-47-41-29-23-17-11-5/h58-59,66-68H,7-57,60-65H2,1-6H3,(H,79,80)/b78-68+. The Kier molecular flexibility index (Phi) is 55.0. The summed E-state index contributed by atoms with van der Waals surface area (Å²) < 4.78 is 40.0. The molecule has 0 bridgehead atoms. The molecule has 498 valence electrons. The summed E-state index contributed by atoms with van der Waals surface area (Å²) in [6.45, 7) is 17.1. The van der Waals surface area contributed by atoms with Gasteiger partial charge >= 0.3 is 0 Å². The van der Waals surface area contributed by atoms with E-state index in [1.54, 1.807) is 6.21 Å². The molecule has 0 atom stereocenters. The fourth-order valence-corrected chi connectivity index (χ4v) is 11.4. The zero-order valence-electron chi connectivity index (χ0n) is 57.5. The molecule has 0 saturated heterocycles. The number of hydrogen-bond acceptors (Lipinski definition) is 8. The second-order valence-corrected chi connectivity index (χ2v) is 25.3. The molecule has 1 N–H and O–H groups in total. The van der Waals surface area contributed by atoms with Crippen molar-refractivity contribution in [3.8, 4) is 34.5 Å². The number of unbranched alkanes of at least 4 members (excludes halogenated alkanes) is 45. The topological polar surface area (TPSA) is 96.8 Å². The summed E-state index contributed by atoms with van der Waals surface area (Å²) in [6.07, 6.45) is 64.7. The van der Waals surface area contributed by atoms with Gasteiger partial charge in [0.2, 0.25) is 11.5 Å². The van der Waals surface area contributed by atoms with Gasteiger partial charge in [-0.2, -0.15) is 5.10 Å². The van der Waals surface area contributed by atoms with E-state index in [1.165, 1.54) is 250 Å². The van der Waals surface area contributed by atoms with Gasteiger partial charge in [0, 0.05) is 11.1 Å². The predicted molar refractivity (Wildman–Crippen MR) is 370 cm³/mol.